The van der Waals surface area contributed by atoms with Crippen molar-refractivity contribution in [1.82, 2.24) is 10.6 Å². The molecular weight excluding hydrogens is 236 g/mol. The molecule has 1 aromatic rings. The van der Waals surface area contributed by atoms with E-state index in [0.717, 1.165) is 12.8 Å². The summed E-state index contributed by atoms with van der Waals surface area (Å²) in [6, 6.07) is 8.88. The number of carbonyl (C=O) groups is 1. The van der Waals surface area contributed by atoms with Crippen molar-refractivity contribution in [2.75, 3.05) is 6.54 Å². The molecular formula is C16H26N2O. The van der Waals surface area contributed by atoms with Gasteiger partial charge in [0, 0.05) is 12.1 Å². The first-order chi connectivity index (χ1) is 9.06. The summed E-state index contributed by atoms with van der Waals surface area (Å²) in [6.07, 6.45) is 1.96. The van der Waals surface area contributed by atoms with E-state index in [9.17, 15) is 4.79 Å². The van der Waals surface area contributed by atoms with Gasteiger partial charge in [0.05, 0.1) is 6.54 Å². The van der Waals surface area contributed by atoms with Crippen LogP contribution in [0.25, 0.3) is 0 Å². The van der Waals surface area contributed by atoms with E-state index in [1.54, 1.807) is 0 Å². The van der Waals surface area contributed by atoms with E-state index in [1.165, 1.54) is 11.1 Å². The molecule has 3 nitrogen and oxygen atoms in total. The lowest BCUT2D eigenvalue weighted by molar-refractivity contribution is -0.121. The number of nitrogens with one attached hydrogen (secondary N) is 2. The third-order valence-electron chi connectivity index (χ3n) is 3.50. The quantitative estimate of drug-likeness (QED) is 0.793. The highest BCUT2D eigenvalue weighted by Crippen LogP contribution is 2.12. The second-order valence-electron chi connectivity index (χ2n) is 5.09. The fraction of sp³-hybridized carbons (Fsp3) is 0.562. The highest BCUT2D eigenvalue weighted by molar-refractivity contribution is 5.78. The second-order valence-corrected chi connectivity index (χ2v) is 5.09. The summed E-state index contributed by atoms with van der Waals surface area (Å²) in [5, 5.41) is 6.29. The maximum Gasteiger partial charge on any atom is 0.234 e. The van der Waals surface area contributed by atoms with Gasteiger partial charge in [-0.1, -0.05) is 43.7 Å². The van der Waals surface area contributed by atoms with E-state index < -0.39 is 0 Å². The summed E-state index contributed by atoms with van der Waals surface area (Å²) in [4.78, 5) is 11.8. The maximum absolute atomic E-state index is 11.8. The van der Waals surface area contributed by atoms with Crippen LogP contribution in [0.4, 0.5) is 0 Å². The van der Waals surface area contributed by atoms with Crippen LogP contribution in [0.3, 0.4) is 0 Å². The Hall–Kier alpha value is -1.35. The van der Waals surface area contributed by atoms with E-state index in [-0.39, 0.29) is 11.9 Å². The van der Waals surface area contributed by atoms with E-state index in [0.29, 0.717) is 12.6 Å². The lowest BCUT2D eigenvalue weighted by atomic mass is 10.1. The summed E-state index contributed by atoms with van der Waals surface area (Å²) in [7, 11) is 0. The van der Waals surface area contributed by atoms with Gasteiger partial charge in [0.25, 0.3) is 0 Å². The Labute approximate surface area is 116 Å². The fourth-order valence-corrected chi connectivity index (χ4v) is 1.99. The maximum atomic E-state index is 11.8. The predicted molar refractivity (Wildman–Crippen MR) is 80.1 cm³/mol. The Bertz CT molecular complexity index is 382. The number of carbonyl (C=O) groups excluding carboxylic acids is 1. The lowest BCUT2D eigenvalue weighted by Crippen LogP contribution is -2.40. The number of amides is 1. The zero-order valence-electron chi connectivity index (χ0n) is 12.5. The minimum absolute atomic E-state index is 0.0765. The lowest BCUT2D eigenvalue weighted by Gasteiger charge is -2.17. The van der Waals surface area contributed by atoms with Gasteiger partial charge >= 0.3 is 0 Å². The van der Waals surface area contributed by atoms with Crippen LogP contribution in [0.5, 0.6) is 0 Å². The van der Waals surface area contributed by atoms with Gasteiger partial charge in [0.2, 0.25) is 5.91 Å². The van der Waals surface area contributed by atoms with Gasteiger partial charge in [-0.05, 0) is 32.3 Å². The summed E-state index contributed by atoms with van der Waals surface area (Å²) in [5.74, 6) is 0.0765. The summed E-state index contributed by atoms with van der Waals surface area (Å²) >= 11 is 0. The van der Waals surface area contributed by atoms with Crippen LogP contribution < -0.4 is 10.6 Å². The number of benzene rings is 1. The molecule has 0 saturated heterocycles. The third-order valence-corrected chi connectivity index (χ3v) is 3.50. The van der Waals surface area contributed by atoms with Crippen LogP contribution in [-0.4, -0.2) is 18.5 Å². The SMILES string of the molecule is CCC(CC)NC(=O)CNC(C)c1ccc(C)cc1. The molecule has 0 saturated carbocycles. The third kappa shape index (κ3) is 5.43. The molecule has 0 aliphatic heterocycles. The van der Waals surface area contributed by atoms with Gasteiger partial charge in [-0.3, -0.25) is 4.79 Å². The van der Waals surface area contributed by atoms with Crippen molar-refractivity contribution >= 4 is 5.91 Å². The molecule has 0 spiro atoms. The molecule has 3 heteroatoms. The number of hydrogen-bond donors (Lipinski definition) is 2. The Kier molecular flexibility index (Phi) is 6.57. The van der Waals surface area contributed by atoms with Crippen LogP contribution in [0.15, 0.2) is 24.3 Å². The molecule has 2 N–H and O–H groups in total. The molecule has 0 aromatic heterocycles. The molecule has 106 valence electrons. The Morgan fingerprint density at radius 3 is 2.26 bits per heavy atom. The molecule has 0 heterocycles. The Balaban J connectivity index is 2.39. The molecule has 0 fully saturated rings. The highest BCUT2D eigenvalue weighted by atomic mass is 16.1. The number of hydrogen-bond acceptors (Lipinski definition) is 2. The summed E-state index contributed by atoms with van der Waals surface area (Å²) in [5.41, 5.74) is 2.46. The van der Waals surface area contributed by atoms with E-state index in [2.05, 4.69) is 62.6 Å². The molecule has 0 aliphatic carbocycles. The van der Waals surface area contributed by atoms with Crippen molar-refractivity contribution < 1.29 is 4.79 Å². The molecule has 0 aliphatic rings. The minimum Gasteiger partial charge on any atom is -0.352 e. The van der Waals surface area contributed by atoms with Crippen molar-refractivity contribution in [2.24, 2.45) is 0 Å². The van der Waals surface area contributed by atoms with Crippen LogP contribution >= 0.6 is 0 Å². The zero-order chi connectivity index (χ0) is 14.3. The van der Waals surface area contributed by atoms with E-state index in [1.807, 2.05) is 0 Å². The second kappa shape index (κ2) is 7.95. The monoisotopic (exact) mass is 262 g/mol. The van der Waals surface area contributed by atoms with Crippen molar-refractivity contribution in [3.05, 3.63) is 35.4 Å². The normalized spacial score (nSPS) is 12.5. The molecule has 19 heavy (non-hydrogen) atoms. The van der Waals surface area contributed by atoms with Crippen molar-refractivity contribution in [3.63, 3.8) is 0 Å². The first kappa shape index (κ1) is 15.7. The zero-order valence-corrected chi connectivity index (χ0v) is 12.5. The summed E-state index contributed by atoms with van der Waals surface area (Å²) in [6.45, 7) is 8.71. The Morgan fingerprint density at radius 2 is 1.74 bits per heavy atom. The first-order valence-corrected chi connectivity index (χ1v) is 7.16. The van der Waals surface area contributed by atoms with E-state index >= 15 is 0 Å². The van der Waals surface area contributed by atoms with Crippen LogP contribution in [0.2, 0.25) is 0 Å². The Morgan fingerprint density at radius 1 is 1.16 bits per heavy atom. The van der Waals surface area contributed by atoms with Crippen molar-refractivity contribution in [1.29, 1.82) is 0 Å². The standard InChI is InChI=1S/C16H26N2O/c1-5-15(6-2)18-16(19)11-17-13(4)14-9-7-12(3)8-10-14/h7-10,13,15,17H,5-6,11H2,1-4H3,(H,18,19). The fourth-order valence-electron chi connectivity index (χ4n) is 1.99. The first-order valence-electron chi connectivity index (χ1n) is 7.16. The van der Waals surface area contributed by atoms with Gasteiger partial charge in [0.15, 0.2) is 0 Å². The highest BCUT2D eigenvalue weighted by Gasteiger charge is 2.10. The topological polar surface area (TPSA) is 41.1 Å². The average Bonchev–Trinajstić information content (AvgIpc) is 2.43. The van der Waals surface area contributed by atoms with Gasteiger partial charge < -0.3 is 10.6 Å². The number of rotatable bonds is 7. The minimum atomic E-state index is 0.0765. The van der Waals surface area contributed by atoms with Crippen LogP contribution in [0.1, 0.15) is 50.8 Å². The van der Waals surface area contributed by atoms with Crippen LogP contribution in [0, 0.1) is 6.92 Å². The summed E-state index contributed by atoms with van der Waals surface area (Å²) < 4.78 is 0. The van der Waals surface area contributed by atoms with Gasteiger partial charge in [-0.25, -0.2) is 0 Å². The van der Waals surface area contributed by atoms with Crippen LogP contribution in [-0.2, 0) is 4.79 Å². The van der Waals surface area contributed by atoms with Gasteiger partial charge in [-0.15, -0.1) is 0 Å². The smallest absolute Gasteiger partial charge is 0.234 e. The molecule has 1 amide bonds. The number of aryl methyl sites for hydroxylation is 1. The molecule has 1 atom stereocenters. The molecule has 1 unspecified atom stereocenters. The van der Waals surface area contributed by atoms with Gasteiger partial charge in [0.1, 0.15) is 0 Å². The molecule has 1 aromatic carbocycles. The average molecular weight is 262 g/mol. The van der Waals surface area contributed by atoms with E-state index in [4.69, 9.17) is 0 Å². The molecule has 0 radical (unpaired) electrons. The van der Waals surface area contributed by atoms with Crippen molar-refractivity contribution in [2.45, 2.75) is 52.6 Å². The van der Waals surface area contributed by atoms with Gasteiger partial charge in [-0.2, -0.15) is 0 Å². The molecule has 1 rings (SSSR count). The van der Waals surface area contributed by atoms with Crippen molar-refractivity contribution in [3.8, 4) is 0 Å². The molecule has 0 bridgehead atoms. The largest absolute Gasteiger partial charge is 0.352 e. The predicted octanol–water partition coefficient (Wildman–Crippen LogP) is 2.95.